The summed E-state index contributed by atoms with van der Waals surface area (Å²) in [7, 11) is 0. The Morgan fingerprint density at radius 1 is 1.44 bits per heavy atom. The largest absolute Gasteiger partial charge is 0.477 e. The predicted molar refractivity (Wildman–Crippen MR) is 63.5 cm³/mol. The summed E-state index contributed by atoms with van der Waals surface area (Å²) >= 11 is 1.29. The standard InChI is InChI=1S/C11H16N2O2S/c14-11(15)10-9(4-7-16-10)8-12-13-5-2-1-3-6-13/h4,7,12H,1-3,5-6,8H2,(H,14,15). The monoisotopic (exact) mass is 240 g/mol. The van der Waals surface area contributed by atoms with Crippen LogP contribution in [-0.2, 0) is 6.54 Å². The predicted octanol–water partition coefficient (Wildman–Crippen LogP) is 1.94. The second-order valence-corrected chi connectivity index (χ2v) is 4.88. The molecule has 0 unspecified atom stereocenters. The molecule has 2 N–H and O–H groups in total. The van der Waals surface area contributed by atoms with E-state index in [4.69, 9.17) is 5.11 Å². The van der Waals surface area contributed by atoms with Crippen molar-refractivity contribution in [1.82, 2.24) is 10.4 Å². The van der Waals surface area contributed by atoms with Gasteiger partial charge in [0.05, 0.1) is 0 Å². The van der Waals surface area contributed by atoms with Crippen molar-refractivity contribution in [2.45, 2.75) is 25.8 Å². The maximum absolute atomic E-state index is 10.9. The minimum atomic E-state index is -0.828. The van der Waals surface area contributed by atoms with Crippen LogP contribution in [0.3, 0.4) is 0 Å². The van der Waals surface area contributed by atoms with Crippen molar-refractivity contribution in [1.29, 1.82) is 0 Å². The Balaban J connectivity index is 1.88. The number of carboxylic acid groups (broad SMARTS) is 1. The van der Waals surface area contributed by atoms with Gasteiger partial charge in [0.2, 0.25) is 0 Å². The molecule has 0 aliphatic carbocycles. The maximum atomic E-state index is 10.9. The summed E-state index contributed by atoms with van der Waals surface area (Å²) in [5.74, 6) is -0.828. The summed E-state index contributed by atoms with van der Waals surface area (Å²) in [4.78, 5) is 11.4. The average molecular weight is 240 g/mol. The molecule has 2 rings (SSSR count). The minimum absolute atomic E-state index is 0.449. The molecule has 1 fully saturated rings. The lowest BCUT2D eigenvalue weighted by molar-refractivity contribution is 0.0700. The molecule has 5 heteroatoms. The van der Waals surface area contributed by atoms with Gasteiger partial charge in [0, 0.05) is 19.6 Å². The highest BCUT2D eigenvalue weighted by molar-refractivity contribution is 7.12. The van der Waals surface area contributed by atoms with Gasteiger partial charge in [0.1, 0.15) is 4.88 Å². The van der Waals surface area contributed by atoms with Crippen molar-refractivity contribution < 1.29 is 9.90 Å². The molecule has 1 aromatic rings. The van der Waals surface area contributed by atoms with Crippen molar-refractivity contribution >= 4 is 17.3 Å². The fraction of sp³-hybridized carbons (Fsp3) is 0.545. The number of hydrogen-bond donors (Lipinski definition) is 2. The van der Waals surface area contributed by atoms with Crippen LogP contribution in [0.15, 0.2) is 11.4 Å². The molecule has 0 radical (unpaired) electrons. The van der Waals surface area contributed by atoms with E-state index in [-0.39, 0.29) is 0 Å². The molecule has 4 nitrogen and oxygen atoms in total. The number of carbonyl (C=O) groups is 1. The molecule has 1 aliphatic rings. The number of nitrogens with one attached hydrogen (secondary N) is 1. The molecule has 0 aromatic carbocycles. The molecular formula is C11H16N2O2S. The van der Waals surface area contributed by atoms with Gasteiger partial charge in [-0.25, -0.2) is 9.80 Å². The van der Waals surface area contributed by atoms with E-state index in [9.17, 15) is 4.79 Å². The van der Waals surface area contributed by atoms with E-state index in [1.165, 1.54) is 30.6 Å². The normalized spacial score (nSPS) is 17.5. The van der Waals surface area contributed by atoms with E-state index in [2.05, 4.69) is 10.4 Å². The summed E-state index contributed by atoms with van der Waals surface area (Å²) in [6.45, 7) is 2.74. The first-order valence-electron chi connectivity index (χ1n) is 5.55. The highest BCUT2D eigenvalue weighted by Crippen LogP contribution is 2.17. The van der Waals surface area contributed by atoms with Crippen LogP contribution < -0.4 is 5.43 Å². The summed E-state index contributed by atoms with van der Waals surface area (Å²) in [6, 6.07) is 1.88. The van der Waals surface area contributed by atoms with E-state index in [0.717, 1.165) is 18.7 Å². The number of thiophene rings is 1. The molecule has 0 amide bonds. The number of piperidine rings is 1. The molecular weight excluding hydrogens is 224 g/mol. The zero-order valence-electron chi connectivity index (χ0n) is 9.11. The van der Waals surface area contributed by atoms with E-state index in [1.54, 1.807) is 0 Å². The lowest BCUT2D eigenvalue weighted by Crippen LogP contribution is -2.41. The summed E-state index contributed by atoms with van der Waals surface area (Å²) in [6.07, 6.45) is 3.75. The van der Waals surface area contributed by atoms with Crippen LogP contribution in [0, 0.1) is 0 Å². The van der Waals surface area contributed by atoms with Crippen LogP contribution in [0.2, 0.25) is 0 Å². The molecule has 1 aliphatic heterocycles. The number of rotatable bonds is 4. The molecule has 1 saturated heterocycles. The smallest absolute Gasteiger partial charge is 0.346 e. The van der Waals surface area contributed by atoms with Gasteiger partial charge in [-0.05, 0) is 29.9 Å². The van der Waals surface area contributed by atoms with Crippen LogP contribution in [0.5, 0.6) is 0 Å². The molecule has 0 spiro atoms. The first-order valence-corrected chi connectivity index (χ1v) is 6.43. The molecule has 0 bridgehead atoms. The SMILES string of the molecule is O=C(O)c1sccc1CNN1CCCCC1. The Morgan fingerprint density at radius 3 is 2.88 bits per heavy atom. The van der Waals surface area contributed by atoms with Crippen molar-refractivity contribution in [3.8, 4) is 0 Å². The van der Waals surface area contributed by atoms with Crippen LogP contribution in [0.1, 0.15) is 34.5 Å². The number of carboxylic acids is 1. The first-order chi connectivity index (χ1) is 7.77. The van der Waals surface area contributed by atoms with Gasteiger partial charge in [-0.15, -0.1) is 11.3 Å². The molecule has 2 heterocycles. The fourth-order valence-corrected chi connectivity index (χ4v) is 2.67. The van der Waals surface area contributed by atoms with Gasteiger partial charge >= 0.3 is 5.97 Å². The number of aromatic carboxylic acids is 1. The molecule has 88 valence electrons. The quantitative estimate of drug-likeness (QED) is 0.844. The number of nitrogens with zero attached hydrogens (tertiary/aromatic N) is 1. The summed E-state index contributed by atoms with van der Waals surface area (Å²) < 4.78 is 0. The number of hydrazine groups is 1. The van der Waals surface area contributed by atoms with E-state index in [1.807, 2.05) is 11.4 Å². The Bertz CT molecular complexity index is 359. The molecule has 1 aromatic heterocycles. The third kappa shape index (κ3) is 2.81. The van der Waals surface area contributed by atoms with Crippen LogP contribution in [0.4, 0.5) is 0 Å². The lowest BCUT2D eigenvalue weighted by Gasteiger charge is -2.27. The van der Waals surface area contributed by atoms with Crippen LogP contribution in [-0.4, -0.2) is 29.2 Å². The number of hydrogen-bond acceptors (Lipinski definition) is 4. The van der Waals surface area contributed by atoms with Crippen molar-refractivity contribution in [3.05, 3.63) is 21.9 Å². The Kier molecular flexibility index (Phi) is 3.93. The molecule has 0 saturated carbocycles. The van der Waals surface area contributed by atoms with Crippen molar-refractivity contribution in [2.24, 2.45) is 0 Å². The van der Waals surface area contributed by atoms with Gasteiger partial charge in [-0.2, -0.15) is 0 Å². The van der Waals surface area contributed by atoms with Crippen LogP contribution in [0.25, 0.3) is 0 Å². The van der Waals surface area contributed by atoms with Gasteiger partial charge in [-0.1, -0.05) is 6.42 Å². The Morgan fingerprint density at radius 2 is 2.19 bits per heavy atom. The zero-order chi connectivity index (χ0) is 11.4. The Labute approximate surface area is 98.9 Å². The van der Waals surface area contributed by atoms with Gasteiger partial charge in [0.15, 0.2) is 0 Å². The zero-order valence-corrected chi connectivity index (χ0v) is 9.92. The Hall–Kier alpha value is -0.910. The van der Waals surface area contributed by atoms with E-state index >= 15 is 0 Å². The topological polar surface area (TPSA) is 52.6 Å². The third-order valence-corrected chi connectivity index (χ3v) is 3.73. The molecule has 0 atom stereocenters. The van der Waals surface area contributed by atoms with Gasteiger partial charge < -0.3 is 5.11 Å². The second-order valence-electron chi connectivity index (χ2n) is 3.96. The minimum Gasteiger partial charge on any atom is -0.477 e. The highest BCUT2D eigenvalue weighted by Gasteiger charge is 2.13. The van der Waals surface area contributed by atoms with Crippen molar-refractivity contribution in [3.63, 3.8) is 0 Å². The highest BCUT2D eigenvalue weighted by atomic mass is 32.1. The van der Waals surface area contributed by atoms with E-state index in [0.29, 0.717) is 11.4 Å². The molecule has 16 heavy (non-hydrogen) atoms. The van der Waals surface area contributed by atoms with E-state index < -0.39 is 5.97 Å². The third-order valence-electron chi connectivity index (χ3n) is 2.79. The summed E-state index contributed by atoms with van der Waals surface area (Å²) in [5.41, 5.74) is 4.17. The maximum Gasteiger partial charge on any atom is 0.346 e. The van der Waals surface area contributed by atoms with Gasteiger partial charge in [-0.3, -0.25) is 5.43 Å². The fourth-order valence-electron chi connectivity index (χ4n) is 1.91. The lowest BCUT2D eigenvalue weighted by atomic mass is 10.2. The first kappa shape index (κ1) is 11.6. The van der Waals surface area contributed by atoms with Gasteiger partial charge in [0.25, 0.3) is 0 Å². The van der Waals surface area contributed by atoms with Crippen molar-refractivity contribution in [2.75, 3.05) is 13.1 Å². The second kappa shape index (κ2) is 5.43. The average Bonchev–Trinajstić information content (AvgIpc) is 2.76. The van der Waals surface area contributed by atoms with Crippen LogP contribution >= 0.6 is 11.3 Å². The summed E-state index contributed by atoms with van der Waals surface area (Å²) in [5, 5.41) is 13.0.